The zero-order chi connectivity index (χ0) is 22.2. The Hall–Kier alpha value is -2.11. The molecule has 6 nitrogen and oxygen atoms in total. The van der Waals surface area contributed by atoms with E-state index in [-0.39, 0.29) is 5.52 Å². The summed E-state index contributed by atoms with van der Waals surface area (Å²) in [6.45, 7) is 3.40. The molecule has 4 rings (SSSR count). The molecule has 0 radical (unpaired) electrons. The summed E-state index contributed by atoms with van der Waals surface area (Å²) in [7, 11) is 0.370. The van der Waals surface area contributed by atoms with E-state index in [1.165, 1.54) is 0 Å². The van der Waals surface area contributed by atoms with Crippen molar-refractivity contribution in [2.75, 3.05) is 30.5 Å². The maximum absolute atomic E-state index is 13.0. The number of thioether (sulfide) groups is 1. The highest BCUT2D eigenvalue weighted by atomic mass is 32.2. The first kappa shape index (κ1) is 22.1. The molecule has 1 aliphatic rings. The Morgan fingerprint density at radius 3 is 2.65 bits per heavy atom. The lowest BCUT2D eigenvalue weighted by atomic mass is 10.2. The van der Waals surface area contributed by atoms with Crippen LogP contribution in [-0.4, -0.2) is 56.1 Å². The standard InChI is InChI=1S/C20H22F3N5OS2/c1-4-30-16-11-13(27-31(3)9-7-29-8-10-31)5-6-14(16)18-24-15-12-17(20(21,22)23)25-26-19(15)28(18)2/h5-6,11-12H,3-4,7-10H2,1-2H3. The van der Waals surface area contributed by atoms with Gasteiger partial charge in [0.05, 0.1) is 18.9 Å². The van der Waals surface area contributed by atoms with Crippen molar-refractivity contribution in [3.05, 3.63) is 30.0 Å². The van der Waals surface area contributed by atoms with Gasteiger partial charge in [-0.05, 0) is 24.0 Å². The molecule has 0 aliphatic carbocycles. The van der Waals surface area contributed by atoms with Crippen molar-refractivity contribution in [3.8, 4) is 11.4 Å². The first-order chi connectivity index (χ1) is 14.7. The molecule has 0 spiro atoms. The zero-order valence-corrected chi connectivity index (χ0v) is 18.8. The number of aryl methyl sites for hydroxylation is 1. The minimum absolute atomic E-state index is 0.157. The number of hydrogen-bond donors (Lipinski definition) is 0. The third-order valence-electron chi connectivity index (χ3n) is 4.93. The Kier molecular flexibility index (Phi) is 6.01. The van der Waals surface area contributed by atoms with Gasteiger partial charge in [-0.3, -0.25) is 0 Å². The van der Waals surface area contributed by atoms with E-state index < -0.39 is 21.3 Å². The number of benzene rings is 1. The first-order valence-corrected chi connectivity index (χ1v) is 12.8. The van der Waals surface area contributed by atoms with Gasteiger partial charge in [-0.25, -0.2) is 9.35 Å². The highest BCUT2D eigenvalue weighted by Gasteiger charge is 2.34. The number of imidazole rings is 1. The van der Waals surface area contributed by atoms with Crippen LogP contribution in [0.25, 0.3) is 22.6 Å². The predicted octanol–water partition coefficient (Wildman–Crippen LogP) is 4.59. The molecule has 31 heavy (non-hydrogen) atoms. The van der Waals surface area contributed by atoms with Crippen LogP contribution in [0.4, 0.5) is 18.9 Å². The van der Waals surface area contributed by atoms with Gasteiger partial charge >= 0.3 is 6.18 Å². The second kappa shape index (κ2) is 8.44. The van der Waals surface area contributed by atoms with Crippen molar-refractivity contribution >= 4 is 43.9 Å². The topological polar surface area (TPSA) is 65.2 Å². The van der Waals surface area contributed by atoms with Gasteiger partial charge in [0.2, 0.25) is 0 Å². The van der Waals surface area contributed by atoms with E-state index in [0.29, 0.717) is 24.7 Å². The quantitative estimate of drug-likeness (QED) is 0.413. The molecule has 1 saturated heterocycles. The molecule has 1 aliphatic heterocycles. The highest BCUT2D eigenvalue weighted by Crippen LogP contribution is 2.36. The molecule has 2 aromatic heterocycles. The number of halogens is 3. The van der Waals surface area contributed by atoms with Crippen molar-refractivity contribution < 1.29 is 17.9 Å². The Balaban J connectivity index is 1.80. The summed E-state index contributed by atoms with van der Waals surface area (Å²) in [5, 5.41) is 7.08. The van der Waals surface area contributed by atoms with Gasteiger partial charge in [0.1, 0.15) is 11.3 Å². The smallest absolute Gasteiger partial charge is 0.380 e. The lowest BCUT2D eigenvalue weighted by Gasteiger charge is -2.21. The fraction of sp³-hybridized carbons (Fsp3) is 0.400. The summed E-state index contributed by atoms with van der Waals surface area (Å²) in [6.07, 6.45) is -4.57. The average molecular weight is 470 g/mol. The summed E-state index contributed by atoms with van der Waals surface area (Å²) < 4.78 is 51.1. The normalized spacial score (nSPS) is 16.5. The van der Waals surface area contributed by atoms with Crippen LogP contribution in [0.1, 0.15) is 12.6 Å². The number of fused-ring (bicyclic) bond motifs is 1. The number of alkyl halides is 3. The maximum atomic E-state index is 13.0. The maximum Gasteiger partial charge on any atom is 0.435 e. The molecule has 166 valence electrons. The Morgan fingerprint density at radius 1 is 1.23 bits per heavy atom. The number of hydrogen-bond acceptors (Lipinski definition) is 6. The molecule has 1 aromatic carbocycles. The lowest BCUT2D eigenvalue weighted by molar-refractivity contribution is -0.141. The van der Waals surface area contributed by atoms with Gasteiger partial charge in [-0.1, -0.05) is 12.8 Å². The van der Waals surface area contributed by atoms with Crippen LogP contribution in [0.15, 0.2) is 33.5 Å². The van der Waals surface area contributed by atoms with Crippen LogP contribution in [0.2, 0.25) is 0 Å². The molecule has 11 heteroatoms. The Morgan fingerprint density at radius 2 is 1.97 bits per heavy atom. The molecule has 0 amide bonds. The summed E-state index contributed by atoms with van der Waals surface area (Å²) in [6, 6.07) is 6.77. The van der Waals surface area contributed by atoms with Crippen molar-refractivity contribution in [2.24, 2.45) is 11.4 Å². The van der Waals surface area contributed by atoms with Gasteiger partial charge in [0.25, 0.3) is 0 Å². The SMILES string of the molecule is C=S1(=Nc2ccc(-c3nc4cc(C(F)(F)F)nnc4n3C)c(SCC)c2)CCOCC1. The van der Waals surface area contributed by atoms with Gasteiger partial charge in [0.15, 0.2) is 11.3 Å². The van der Waals surface area contributed by atoms with E-state index in [1.807, 2.05) is 25.1 Å². The lowest BCUT2D eigenvalue weighted by Crippen LogP contribution is -2.25. The van der Waals surface area contributed by atoms with Gasteiger partial charge in [-0.2, -0.15) is 13.2 Å². The fourth-order valence-electron chi connectivity index (χ4n) is 3.34. The molecular formula is C20H22F3N5OS2. The summed E-state index contributed by atoms with van der Waals surface area (Å²) in [4.78, 5) is 5.41. The Labute approximate surface area is 182 Å². The van der Waals surface area contributed by atoms with E-state index >= 15 is 0 Å². The van der Waals surface area contributed by atoms with Crippen molar-refractivity contribution in [1.82, 2.24) is 19.7 Å². The largest absolute Gasteiger partial charge is 0.435 e. The summed E-state index contributed by atoms with van der Waals surface area (Å²) in [5.41, 5.74) is 1.07. The molecule has 0 N–H and O–H groups in total. The average Bonchev–Trinajstić information content (AvgIpc) is 3.04. The van der Waals surface area contributed by atoms with Crippen LogP contribution in [0.5, 0.6) is 0 Å². The van der Waals surface area contributed by atoms with Crippen LogP contribution in [0, 0.1) is 0 Å². The van der Waals surface area contributed by atoms with Crippen molar-refractivity contribution in [2.45, 2.75) is 18.0 Å². The van der Waals surface area contributed by atoms with Crippen LogP contribution in [-0.2, 0) is 27.4 Å². The third-order valence-corrected chi connectivity index (χ3v) is 8.32. The molecule has 3 heterocycles. The van der Waals surface area contributed by atoms with Gasteiger partial charge in [0, 0.05) is 35.1 Å². The van der Waals surface area contributed by atoms with E-state index in [4.69, 9.17) is 9.10 Å². The predicted molar refractivity (Wildman–Crippen MR) is 120 cm³/mol. The van der Waals surface area contributed by atoms with Crippen molar-refractivity contribution in [3.63, 3.8) is 0 Å². The number of aromatic nitrogens is 4. The first-order valence-electron chi connectivity index (χ1n) is 9.67. The molecule has 0 atom stereocenters. The minimum atomic E-state index is -4.57. The number of ether oxygens (including phenoxy) is 1. The molecule has 1 fully saturated rings. The fourth-order valence-corrected chi connectivity index (χ4v) is 5.97. The van der Waals surface area contributed by atoms with Gasteiger partial charge in [-0.15, -0.1) is 31.4 Å². The second-order valence-electron chi connectivity index (χ2n) is 7.16. The summed E-state index contributed by atoms with van der Waals surface area (Å²) >= 11 is 1.63. The minimum Gasteiger partial charge on any atom is -0.380 e. The molecule has 0 bridgehead atoms. The highest BCUT2D eigenvalue weighted by molar-refractivity contribution is 8.02. The number of nitrogens with zero attached hydrogens (tertiary/aromatic N) is 5. The van der Waals surface area contributed by atoms with E-state index in [0.717, 1.165) is 39.5 Å². The molecule has 0 saturated carbocycles. The molecule has 3 aromatic rings. The third kappa shape index (κ3) is 4.58. The van der Waals surface area contributed by atoms with E-state index in [1.54, 1.807) is 23.4 Å². The van der Waals surface area contributed by atoms with Crippen LogP contribution >= 0.6 is 11.8 Å². The number of rotatable bonds is 4. The van der Waals surface area contributed by atoms with Crippen LogP contribution in [0.3, 0.4) is 0 Å². The Bertz CT molecular complexity index is 1230. The molecular weight excluding hydrogens is 447 g/mol. The summed E-state index contributed by atoms with van der Waals surface area (Å²) in [5.74, 6) is 7.41. The van der Waals surface area contributed by atoms with E-state index in [2.05, 4.69) is 21.1 Å². The monoisotopic (exact) mass is 469 g/mol. The van der Waals surface area contributed by atoms with Crippen LogP contribution < -0.4 is 0 Å². The second-order valence-corrected chi connectivity index (χ2v) is 11.5. The van der Waals surface area contributed by atoms with Gasteiger partial charge < -0.3 is 9.30 Å². The molecule has 0 unspecified atom stereocenters. The zero-order valence-electron chi connectivity index (χ0n) is 17.1. The van der Waals surface area contributed by atoms with E-state index in [9.17, 15) is 13.2 Å². The van der Waals surface area contributed by atoms with Crippen molar-refractivity contribution in [1.29, 1.82) is 0 Å².